The topological polar surface area (TPSA) is 68.4 Å². The van der Waals surface area contributed by atoms with Gasteiger partial charge in [0.2, 0.25) is 11.7 Å². The Morgan fingerprint density at radius 3 is 2.65 bits per heavy atom. The van der Waals surface area contributed by atoms with Crippen LogP contribution in [0.1, 0.15) is 43.7 Å². The van der Waals surface area contributed by atoms with E-state index in [1.807, 2.05) is 44.2 Å². The third kappa shape index (κ3) is 3.05. The molecule has 2 rings (SSSR count). The van der Waals surface area contributed by atoms with E-state index >= 15 is 0 Å². The maximum Gasteiger partial charge on any atom is 0.229 e. The summed E-state index contributed by atoms with van der Waals surface area (Å²) in [4.78, 5) is 4.33. The van der Waals surface area contributed by atoms with Crippen molar-refractivity contribution >= 4 is 0 Å². The van der Waals surface area contributed by atoms with Gasteiger partial charge in [0.25, 0.3) is 0 Å². The Bertz CT molecular complexity index is 535. The first-order valence-electron chi connectivity index (χ1n) is 6.70. The van der Waals surface area contributed by atoms with Gasteiger partial charge in [-0.15, -0.1) is 0 Å². The highest BCUT2D eigenvalue weighted by molar-refractivity contribution is 5.18. The van der Waals surface area contributed by atoms with Crippen molar-refractivity contribution in [1.29, 1.82) is 0 Å². The van der Waals surface area contributed by atoms with Gasteiger partial charge in [0.1, 0.15) is 5.60 Å². The number of aromatic nitrogens is 2. The van der Waals surface area contributed by atoms with E-state index in [-0.39, 0.29) is 0 Å². The van der Waals surface area contributed by atoms with E-state index in [1.165, 1.54) is 0 Å². The number of nitrogens with zero attached hydrogens (tertiary/aromatic N) is 2. The number of aliphatic hydroxyl groups excluding tert-OH is 1. The molecule has 108 valence electrons. The molecule has 2 unspecified atom stereocenters. The molecule has 1 aromatic heterocycles. The first-order chi connectivity index (χ1) is 9.59. The van der Waals surface area contributed by atoms with Crippen LogP contribution >= 0.6 is 0 Å². The first-order valence-corrected chi connectivity index (χ1v) is 6.70. The third-order valence-electron chi connectivity index (χ3n) is 3.62. The van der Waals surface area contributed by atoms with Crippen molar-refractivity contribution in [2.75, 3.05) is 7.11 Å². The van der Waals surface area contributed by atoms with Gasteiger partial charge in [0.05, 0.1) is 12.5 Å². The van der Waals surface area contributed by atoms with E-state index in [4.69, 9.17) is 9.26 Å². The van der Waals surface area contributed by atoms with Gasteiger partial charge >= 0.3 is 0 Å². The van der Waals surface area contributed by atoms with Crippen LogP contribution in [0.3, 0.4) is 0 Å². The van der Waals surface area contributed by atoms with Crippen molar-refractivity contribution in [2.24, 2.45) is 0 Å². The summed E-state index contributed by atoms with van der Waals surface area (Å²) in [6, 6.07) is 9.42. The van der Waals surface area contributed by atoms with E-state index in [0.29, 0.717) is 18.1 Å². The zero-order valence-corrected chi connectivity index (χ0v) is 12.0. The van der Waals surface area contributed by atoms with Crippen LogP contribution in [0.4, 0.5) is 0 Å². The summed E-state index contributed by atoms with van der Waals surface area (Å²) in [5, 5.41) is 14.1. The second-order valence-corrected chi connectivity index (χ2v) is 4.93. The normalized spacial score (nSPS) is 15.8. The van der Waals surface area contributed by atoms with Crippen LogP contribution in [0.15, 0.2) is 34.9 Å². The summed E-state index contributed by atoms with van der Waals surface area (Å²) >= 11 is 0. The number of aliphatic hydroxyl groups is 1. The van der Waals surface area contributed by atoms with Gasteiger partial charge in [-0.25, -0.2) is 0 Å². The Morgan fingerprint density at radius 1 is 1.35 bits per heavy atom. The molecule has 1 N–H and O–H groups in total. The fourth-order valence-electron chi connectivity index (χ4n) is 1.90. The lowest BCUT2D eigenvalue weighted by Gasteiger charge is -2.21. The summed E-state index contributed by atoms with van der Waals surface area (Å²) < 4.78 is 10.6. The van der Waals surface area contributed by atoms with Gasteiger partial charge in [0, 0.05) is 7.11 Å². The molecule has 1 heterocycles. The lowest BCUT2D eigenvalue weighted by Crippen LogP contribution is -2.24. The van der Waals surface area contributed by atoms with Crippen molar-refractivity contribution in [3.05, 3.63) is 47.6 Å². The van der Waals surface area contributed by atoms with Crippen LogP contribution in [0.25, 0.3) is 0 Å². The van der Waals surface area contributed by atoms with E-state index < -0.39 is 11.7 Å². The Kier molecular flexibility index (Phi) is 4.52. The van der Waals surface area contributed by atoms with Gasteiger partial charge in [-0.3, -0.25) is 0 Å². The minimum Gasteiger partial charge on any atom is -0.388 e. The second kappa shape index (κ2) is 6.15. The fraction of sp³-hybridized carbons (Fsp3) is 0.467. The molecule has 0 amide bonds. The maximum atomic E-state index is 10.1. The third-order valence-corrected chi connectivity index (χ3v) is 3.62. The number of hydrogen-bond acceptors (Lipinski definition) is 5. The molecule has 0 fully saturated rings. The van der Waals surface area contributed by atoms with Crippen LogP contribution < -0.4 is 0 Å². The van der Waals surface area contributed by atoms with Crippen LogP contribution in [0.2, 0.25) is 0 Å². The van der Waals surface area contributed by atoms with Crippen LogP contribution in [-0.2, 0) is 16.8 Å². The SMILES string of the molecule is CCC(C)(OC)c1noc(CC(O)c2ccccc2)n1. The molecule has 5 heteroatoms. The lowest BCUT2D eigenvalue weighted by molar-refractivity contribution is -0.0106. The van der Waals surface area contributed by atoms with Gasteiger partial charge in [-0.05, 0) is 18.9 Å². The van der Waals surface area contributed by atoms with E-state index in [1.54, 1.807) is 7.11 Å². The molecule has 0 saturated heterocycles. The quantitative estimate of drug-likeness (QED) is 0.878. The van der Waals surface area contributed by atoms with Crippen LogP contribution in [0.5, 0.6) is 0 Å². The van der Waals surface area contributed by atoms with Gasteiger partial charge in [0.15, 0.2) is 0 Å². The molecule has 0 spiro atoms. The molecule has 0 aliphatic carbocycles. The lowest BCUT2D eigenvalue weighted by atomic mass is 10.0. The molecule has 5 nitrogen and oxygen atoms in total. The van der Waals surface area contributed by atoms with Crippen molar-refractivity contribution in [3.8, 4) is 0 Å². The van der Waals surface area contributed by atoms with E-state index in [0.717, 1.165) is 12.0 Å². The molecular formula is C15H20N2O3. The molecule has 2 atom stereocenters. The summed E-state index contributed by atoms with van der Waals surface area (Å²) in [6.45, 7) is 3.91. The first kappa shape index (κ1) is 14.7. The largest absolute Gasteiger partial charge is 0.388 e. The number of rotatable bonds is 6. The number of ether oxygens (including phenoxy) is 1. The van der Waals surface area contributed by atoms with Gasteiger partial charge < -0.3 is 14.4 Å². The molecule has 0 bridgehead atoms. The van der Waals surface area contributed by atoms with Crippen LogP contribution in [-0.4, -0.2) is 22.4 Å². The standard InChI is InChI=1S/C15H20N2O3/c1-4-15(2,19-3)14-16-13(20-17-14)10-12(18)11-8-6-5-7-9-11/h5-9,12,18H,4,10H2,1-3H3. The van der Waals surface area contributed by atoms with Crippen molar-refractivity contribution < 1.29 is 14.4 Å². The molecular weight excluding hydrogens is 256 g/mol. The molecule has 0 aliphatic rings. The van der Waals surface area contributed by atoms with Gasteiger partial charge in [-0.2, -0.15) is 4.98 Å². The van der Waals surface area contributed by atoms with E-state index in [2.05, 4.69) is 10.1 Å². The average Bonchev–Trinajstić information content (AvgIpc) is 2.96. The van der Waals surface area contributed by atoms with Crippen molar-refractivity contribution in [3.63, 3.8) is 0 Å². The Balaban J connectivity index is 2.10. The van der Waals surface area contributed by atoms with Crippen molar-refractivity contribution in [1.82, 2.24) is 10.1 Å². The minimum atomic E-state index is -0.653. The number of benzene rings is 1. The predicted octanol–water partition coefficient (Wildman–Crippen LogP) is 2.62. The second-order valence-electron chi connectivity index (χ2n) is 4.93. The summed E-state index contributed by atoms with van der Waals surface area (Å²) in [5.41, 5.74) is 0.275. The van der Waals surface area contributed by atoms with Crippen LogP contribution in [0, 0.1) is 0 Å². The van der Waals surface area contributed by atoms with Gasteiger partial charge in [-0.1, -0.05) is 42.4 Å². The fourth-order valence-corrected chi connectivity index (χ4v) is 1.90. The molecule has 20 heavy (non-hydrogen) atoms. The molecule has 0 saturated carbocycles. The van der Waals surface area contributed by atoms with Crippen molar-refractivity contribution in [2.45, 2.75) is 38.4 Å². The summed E-state index contributed by atoms with van der Waals surface area (Å²) in [7, 11) is 1.62. The molecule has 2 aromatic rings. The molecule has 0 radical (unpaired) electrons. The minimum absolute atomic E-state index is 0.292. The smallest absolute Gasteiger partial charge is 0.229 e. The zero-order valence-electron chi connectivity index (χ0n) is 12.0. The Morgan fingerprint density at radius 2 is 2.05 bits per heavy atom. The average molecular weight is 276 g/mol. The maximum absolute atomic E-state index is 10.1. The molecule has 1 aromatic carbocycles. The number of hydrogen-bond donors (Lipinski definition) is 1. The Labute approximate surface area is 118 Å². The summed E-state index contributed by atoms with van der Waals surface area (Å²) in [5.74, 6) is 0.922. The molecule has 0 aliphatic heterocycles. The summed E-state index contributed by atoms with van der Waals surface area (Å²) in [6.07, 6.45) is 0.379. The zero-order chi connectivity index (χ0) is 14.6. The highest BCUT2D eigenvalue weighted by Gasteiger charge is 2.30. The Hall–Kier alpha value is -1.72. The highest BCUT2D eigenvalue weighted by atomic mass is 16.5. The monoisotopic (exact) mass is 276 g/mol. The highest BCUT2D eigenvalue weighted by Crippen LogP contribution is 2.26. The number of methoxy groups -OCH3 is 1. The predicted molar refractivity (Wildman–Crippen MR) is 74.1 cm³/mol. The van der Waals surface area contributed by atoms with E-state index in [9.17, 15) is 5.11 Å².